The van der Waals surface area contributed by atoms with E-state index in [1.807, 2.05) is 11.9 Å². The number of phenols is 1. The Morgan fingerprint density at radius 1 is 1.26 bits per heavy atom. The number of aromatic hydroxyl groups is 1. The number of halogens is 2. The molecule has 34 heavy (non-hydrogen) atoms. The number of nitrogens with one attached hydrogen (secondary N) is 2. The number of fused-ring (bicyclic) bond motifs is 1. The lowest BCUT2D eigenvalue weighted by Crippen LogP contribution is -2.34. The zero-order valence-electron chi connectivity index (χ0n) is 19.6. The monoisotopic (exact) mass is 493 g/mol. The second kappa shape index (κ2) is 13.5. The lowest BCUT2D eigenvalue weighted by Gasteiger charge is -2.14. The molecule has 3 aromatic rings. The lowest BCUT2D eigenvalue weighted by atomic mass is 10.2. The molecule has 11 heteroatoms. The molecule has 0 spiro atoms. The number of phenolic OH excluding ortho intramolecular Hbond substituents is 1. The van der Waals surface area contributed by atoms with Gasteiger partial charge in [-0.3, -0.25) is 14.5 Å². The third kappa shape index (κ3) is 7.68. The highest BCUT2D eigenvalue weighted by Gasteiger charge is 2.12. The predicted molar refractivity (Wildman–Crippen MR) is 130 cm³/mol. The highest BCUT2D eigenvalue weighted by molar-refractivity contribution is 6.31. The van der Waals surface area contributed by atoms with E-state index in [1.54, 1.807) is 18.2 Å². The quantitative estimate of drug-likeness (QED) is 0.379. The van der Waals surface area contributed by atoms with Crippen molar-refractivity contribution in [1.29, 1.82) is 0 Å². The minimum Gasteiger partial charge on any atom is -0.504 e. The van der Waals surface area contributed by atoms with E-state index in [0.717, 1.165) is 19.4 Å². The van der Waals surface area contributed by atoms with Crippen LogP contribution in [0.3, 0.4) is 0 Å². The zero-order valence-corrected chi connectivity index (χ0v) is 20.3. The fourth-order valence-electron chi connectivity index (χ4n) is 2.96. The molecule has 1 heterocycles. The Morgan fingerprint density at radius 3 is 2.71 bits per heavy atom. The number of aromatic nitrogens is 2. The summed E-state index contributed by atoms with van der Waals surface area (Å²) in [4.78, 5) is 25.6. The molecule has 0 aliphatic heterocycles. The number of nitrogens with zero attached hydrogens (tertiary/aromatic N) is 3. The van der Waals surface area contributed by atoms with Gasteiger partial charge in [-0.2, -0.15) is 0 Å². The van der Waals surface area contributed by atoms with E-state index in [2.05, 4.69) is 32.5 Å². The minimum absolute atomic E-state index is 0.00729. The molecule has 1 aromatic heterocycles. The SMILES string of the molecule is CCCCN(C)CC(=O)NOC.COc1cc2ncnc(Nc3cccc(Cl)c3F)c2cc1O. The largest absolute Gasteiger partial charge is 0.504 e. The van der Waals surface area contributed by atoms with E-state index >= 15 is 0 Å². The van der Waals surface area contributed by atoms with Crippen molar-refractivity contribution in [3.05, 3.63) is 47.5 Å². The molecule has 0 saturated heterocycles. The number of ether oxygens (including phenoxy) is 1. The Morgan fingerprint density at radius 2 is 2.03 bits per heavy atom. The summed E-state index contributed by atoms with van der Waals surface area (Å²) in [6, 6.07) is 7.65. The summed E-state index contributed by atoms with van der Waals surface area (Å²) in [5, 5.41) is 13.3. The molecule has 3 N–H and O–H groups in total. The maximum atomic E-state index is 14.0. The van der Waals surface area contributed by atoms with E-state index in [0.29, 0.717) is 29.0 Å². The van der Waals surface area contributed by atoms with Gasteiger partial charge in [-0.15, -0.1) is 0 Å². The number of hydrogen-bond acceptors (Lipinski definition) is 8. The second-order valence-corrected chi connectivity index (χ2v) is 7.72. The Kier molecular flexibility index (Phi) is 10.7. The molecule has 1 amide bonds. The highest BCUT2D eigenvalue weighted by atomic mass is 35.5. The summed E-state index contributed by atoms with van der Waals surface area (Å²) in [6.07, 6.45) is 3.61. The maximum absolute atomic E-state index is 14.0. The van der Waals surface area contributed by atoms with Gasteiger partial charge in [-0.25, -0.2) is 19.8 Å². The molecule has 0 fully saturated rings. The van der Waals surface area contributed by atoms with Crippen LogP contribution < -0.4 is 15.5 Å². The molecule has 0 radical (unpaired) electrons. The Labute approximate surface area is 202 Å². The van der Waals surface area contributed by atoms with Crippen molar-refractivity contribution >= 4 is 39.9 Å². The average molecular weight is 494 g/mol. The number of amides is 1. The van der Waals surface area contributed by atoms with Gasteiger partial charge in [0.1, 0.15) is 12.1 Å². The summed E-state index contributed by atoms with van der Waals surface area (Å²) >= 11 is 5.76. The van der Waals surface area contributed by atoms with Crippen LogP contribution >= 0.6 is 11.6 Å². The van der Waals surface area contributed by atoms with Crippen molar-refractivity contribution in [3.8, 4) is 11.5 Å². The van der Waals surface area contributed by atoms with Crippen molar-refractivity contribution in [1.82, 2.24) is 20.3 Å². The third-order valence-corrected chi connectivity index (χ3v) is 4.96. The first kappa shape index (κ1) is 27.0. The second-order valence-electron chi connectivity index (χ2n) is 7.31. The van der Waals surface area contributed by atoms with E-state index in [4.69, 9.17) is 16.3 Å². The first-order valence-electron chi connectivity index (χ1n) is 10.5. The molecule has 0 saturated carbocycles. The molecule has 0 bridgehead atoms. The summed E-state index contributed by atoms with van der Waals surface area (Å²) in [5.41, 5.74) is 3.01. The number of methoxy groups -OCH3 is 1. The molecule has 0 aliphatic carbocycles. The highest BCUT2D eigenvalue weighted by Crippen LogP contribution is 2.34. The summed E-state index contributed by atoms with van der Waals surface area (Å²) in [5.74, 6) is -0.0839. The van der Waals surface area contributed by atoms with Crippen molar-refractivity contribution in [2.75, 3.05) is 39.7 Å². The summed E-state index contributed by atoms with van der Waals surface area (Å²) < 4.78 is 19.0. The van der Waals surface area contributed by atoms with Crippen LogP contribution in [0.1, 0.15) is 19.8 Å². The molecule has 0 atom stereocenters. The van der Waals surface area contributed by atoms with Gasteiger partial charge >= 0.3 is 0 Å². The van der Waals surface area contributed by atoms with Crippen molar-refractivity contribution in [2.45, 2.75) is 19.8 Å². The predicted octanol–water partition coefficient (Wildman–Crippen LogP) is 4.28. The van der Waals surface area contributed by atoms with Crippen LogP contribution in [-0.4, -0.2) is 60.2 Å². The van der Waals surface area contributed by atoms with Gasteiger partial charge in [0.05, 0.1) is 37.0 Å². The van der Waals surface area contributed by atoms with Gasteiger partial charge in [0.2, 0.25) is 0 Å². The Bertz CT molecular complexity index is 1100. The van der Waals surface area contributed by atoms with E-state index in [-0.39, 0.29) is 22.4 Å². The fourth-order valence-corrected chi connectivity index (χ4v) is 3.14. The van der Waals surface area contributed by atoms with Gasteiger partial charge in [0, 0.05) is 11.5 Å². The van der Waals surface area contributed by atoms with Crippen LogP contribution in [-0.2, 0) is 9.63 Å². The average Bonchev–Trinajstić information content (AvgIpc) is 2.81. The molecular formula is C23H29ClFN5O4. The molecule has 0 aliphatic rings. The number of carbonyl (C=O) groups excluding carboxylic acids is 1. The van der Waals surface area contributed by atoms with Crippen LogP contribution in [0.15, 0.2) is 36.7 Å². The van der Waals surface area contributed by atoms with Crippen LogP contribution in [0.25, 0.3) is 10.9 Å². The topological polar surface area (TPSA) is 109 Å². The number of anilines is 2. The van der Waals surface area contributed by atoms with Crippen molar-refractivity contribution in [2.24, 2.45) is 0 Å². The van der Waals surface area contributed by atoms with Crippen LogP contribution in [0, 0.1) is 5.82 Å². The summed E-state index contributed by atoms with van der Waals surface area (Å²) in [6.45, 7) is 3.48. The van der Waals surface area contributed by atoms with E-state index in [9.17, 15) is 14.3 Å². The third-order valence-electron chi connectivity index (χ3n) is 4.66. The molecular weight excluding hydrogens is 465 g/mol. The minimum atomic E-state index is -0.575. The zero-order chi connectivity index (χ0) is 25.1. The van der Waals surface area contributed by atoms with E-state index in [1.165, 1.54) is 32.7 Å². The standard InChI is InChI=1S/C15H11ClFN3O2.C8H18N2O2/c1-22-13-6-11-8(5-12(13)21)15(19-7-18-11)20-10-4-2-3-9(16)14(10)17;1-4-5-6-10(2)7-8(11)9-12-3/h2-7,21H,1H3,(H,18,19,20);4-7H2,1-3H3,(H,9,11). The fraction of sp³-hybridized carbons (Fsp3) is 0.348. The smallest absolute Gasteiger partial charge is 0.257 e. The van der Waals surface area contributed by atoms with Gasteiger partial charge < -0.3 is 15.2 Å². The molecule has 0 unspecified atom stereocenters. The number of likely N-dealkylation sites (N-methyl/N-ethyl adjacent to an activating group) is 1. The molecule has 9 nitrogen and oxygen atoms in total. The van der Waals surface area contributed by atoms with Crippen molar-refractivity contribution < 1.29 is 23.9 Å². The molecule has 184 valence electrons. The number of carbonyl (C=O) groups is 1. The Balaban J connectivity index is 0.000000292. The Hall–Kier alpha value is -3.21. The normalized spacial score (nSPS) is 10.6. The first-order valence-corrected chi connectivity index (χ1v) is 10.9. The van der Waals surface area contributed by atoms with Gasteiger partial charge in [-0.05, 0) is 38.2 Å². The van der Waals surface area contributed by atoms with Gasteiger partial charge in [0.25, 0.3) is 5.91 Å². The van der Waals surface area contributed by atoms with Crippen molar-refractivity contribution in [3.63, 3.8) is 0 Å². The summed E-state index contributed by atoms with van der Waals surface area (Å²) in [7, 11) is 4.80. The number of benzene rings is 2. The number of rotatable bonds is 9. The number of hydroxylamine groups is 1. The van der Waals surface area contributed by atoms with Crippen LogP contribution in [0.5, 0.6) is 11.5 Å². The number of hydrogen-bond donors (Lipinski definition) is 3. The van der Waals surface area contributed by atoms with Crippen LogP contribution in [0.4, 0.5) is 15.9 Å². The van der Waals surface area contributed by atoms with Gasteiger partial charge in [0.15, 0.2) is 17.3 Å². The maximum Gasteiger partial charge on any atom is 0.257 e. The van der Waals surface area contributed by atoms with E-state index < -0.39 is 5.82 Å². The molecule has 2 aromatic carbocycles. The van der Waals surface area contributed by atoms with Crippen LogP contribution in [0.2, 0.25) is 5.02 Å². The lowest BCUT2D eigenvalue weighted by molar-refractivity contribution is -0.132. The first-order chi connectivity index (χ1) is 16.3. The number of unbranched alkanes of at least 4 members (excludes halogenated alkanes) is 1. The van der Waals surface area contributed by atoms with Gasteiger partial charge in [-0.1, -0.05) is 31.0 Å². The molecule has 3 rings (SSSR count).